The van der Waals surface area contributed by atoms with Gasteiger partial charge in [0.25, 0.3) is 11.8 Å². The number of fused-ring (bicyclic) bond motifs is 1. The smallest absolute Gasteiger partial charge is 0.282 e. The van der Waals surface area contributed by atoms with Crippen LogP contribution in [0, 0.1) is 0 Å². The van der Waals surface area contributed by atoms with Crippen molar-refractivity contribution in [3.63, 3.8) is 0 Å². The van der Waals surface area contributed by atoms with E-state index in [2.05, 4.69) is 10.6 Å². The molecule has 5 nitrogen and oxygen atoms in total. The van der Waals surface area contributed by atoms with Crippen LogP contribution in [0.3, 0.4) is 0 Å². The van der Waals surface area contributed by atoms with Gasteiger partial charge in [0, 0.05) is 5.69 Å². The molecule has 3 rings (SSSR count). The summed E-state index contributed by atoms with van der Waals surface area (Å²) in [6.07, 6.45) is 0. The maximum Gasteiger partial charge on any atom is 0.282 e. The van der Waals surface area contributed by atoms with Gasteiger partial charge >= 0.3 is 0 Å². The molecule has 114 valence electrons. The van der Waals surface area contributed by atoms with Crippen LogP contribution in [0.2, 0.25) is 0 Å². The second-order valence-electron chi connectivity index (χ2n) is 5.71. The number of quaternary nitrogens is 1. The number of hydrogen-bond donors (Lipinski definition) is 3. The monoisotopic (exact) mass is 298 g/mol. The van der Waals surface area contributed by atoms with Crippen molar-refractivity contribution >= 4 is 28.3 Å². The van der Waals surface area contributed by atoms with Crippen molar-refractivity contribution in [3.8, 4) is 0 Å². The van der Waals surface area contributed by atoms with Crippen LogP contribution in [0.4, 0.5) is 5.69 Å². The van der Waals surface area contributed by atoms with Crippen molar-refractivity contribution in [3.05, 3.63) is 42.5 Å². The first-order chi connectivity index (χ1) is 10.6. The summed E-state index contributed by atoms with van der Waals surface area (Å²) in [4.78, 5) is 24.8. The summed E-state index contributed by atoms with van der Waals surface area (Å²) in [5.74, 6) is -0.0495. The van der Waals surface area contributed by atoms with Gasteiger partial charge in [-0.25, -0.2) is 0 Å². The fraction of sp³-hybridized carbons (Fsp3) is 0.294. The van der Waals surface area contributed by atoms with Crippen LogP contribution in [0.25, 0.3) is 10.8 Å². The van der Waals surface area contributed by atoms with E-state index in [1.165, 1.54) is 0 Å². The number of carbonyl (C=O) groups is 2. The molecule has 0 spiro atoms. The van der Waals surface area contributed by atoms with Gasteiger partial charge in [0.05, 0.1) is 13.1 Å². The molecule has 1 aliphatic heterocycles. The van der Waals surface area contributed by atoms with Gasteiger partial charge in [-0.15, -0.1) is 0 Å². The lowest BCUT2D eigenvalue weighted by Gasteiger charge is -2.28. The Morgan fingerprint density at radius 1 is 1.23 bits per heavy atom. The number of rotatable bonds is 3. The minimum Gasteiger partial charge on any atom is -0.346 e. The zero-order valence-corrected chi connectivity index (χ0v) is 12.6. The third-order valence-corrected chi connectivity index (χ3v) is 4.18. The number of hydrogen-bond acceptors (Lipinski definition) is 2. The Labute approximate surface area is 129 Å². The summed E-state index contributed by atoms with van der Waals surface area (Å²) >= 11 is 0. The van der Waals surface area contributed by atoms with Gasteiger partial charge in [-0.05, 0) is 29.8 Å². The highest BCUT2D eigenvalue weighted by Gasteiger charge is 2.29. The average molecular weight is 298 g/mol. The molecular weight excluding hydrogens is 278 g/mol. The van der Waals surface area contributed by atoms with E-state index < -0.39 is 0 Å². The lowest BCUT2D eigenvalue weighted by atomic mass is 10.1. The van der Waals surface area contributed by atoms with E-state index in [0.29, 0.717) is 13.1 Å². The zero-order chi connectivity index (χ0) is 15.5. The average Bonchev–Trinajstić information content (AvgIpc) is 2.54. The molecule has 1 aliphatic rings. The molecule has 2 atom stereocenters. The van der Waals surface area contributed by atoms with E-state index in [0.717, 1.165) is 27.9 Å². The maximum atomic E-state index is 12.4. The highest BCUT2D eigenvalue weighted by Crippen LogP contribution is 2.18. The number of amides is 2. The third-order valence-electron chi connectivity index (χ3n) is 4.18. The van der Waals surface area contributed by atoms with Crippen LogP contribution in [-0.2, 0) is 9.59 Å². The SMILES string of the molecule is C[C@@H](C(=O)Nc1ccc2ccccc2c1)[NH+]1CCNC(=O)C1. The Kier molecular flexibility index (Phi) is 4.06. The minimum atomic E-state index is -0.252. The molecule has 0 bridgehead atoms. The Hall–Kier alpha value is -2.40. The first-order valence-corrected chi connectivity index (χ1v) is 7.54. The standard InChI is InChI=1S/C17H19N3O2/c1-12(20-9-8-18-16(21)11-20)17(22)19-15-7-6-13-4-2-3-5-14(13)10-15/h2-7,10,12H,8-9,11H2,1H3,(H,18,21)(H,19,22)/p+1/t12-/m0/s1. The summed E-state index contributed by atoms with van der Waals surface area (Å²) in [5, 5.41) is 7.98. The van der Waals surface area contributed by atoms with Crippen molar-refractivity contribution in [2.45, 2.75) is 13.0 Å². The van der Waals surface area contributed by atoms with Gasteiger partial charge in [-0.2, -0.15) is 0 Å². The third kappa shape index (κ3) is 3.09. The van der Waals surface area contributed by atoms with Crippen LogP contribution in [0.5, 0.6) is 0 Å². The predicted octanol–water partition coefficient (Wildman–Crippen LogP) is 0.182. The van der Waals surface area contributed by atoms with Crippen LogP contribution in [0.1, 0.15) is 6.92 Å². The molecule has 1 saturated heterocycles. The van der Waals surface area contributed by atoms with Gasteiger partial charge in [-0.1, -0.05) is 30.3 Å². The van der Waals surface area contributed by atoms with Crippen LogP contribution >= 0.6 is 0 Å². The molecule has 0 saturated carbocycles. The van der Waals surface area contributed by atoms with E-state index in [4.69, 9.17) is 0 Å². The molecule has 2 aromatic carbocycles. The first kappa shape index (κ1) is 14.5. The summed E-state index contributed by atoms with van der Waals surface area (Å²) < 4.78 is 0. The fourth-order valence-corrected chi connectivity index (χ4v) is 2.79. The van der Waals surface area contributed by atoms with Gasteiger partial charge in [0.15, 0.2) is 12.6 Å². The van der Waals surface area contributed by atoms with Crippen LogP contribution in [0.15, 0.2) is 42.5 Å². The Morgan fingerprint density at radius 3 is 2.77 bits per heavy atom. The number of benzene rings is 2. The van der Waals surface area contributed by atoms with Gasteiger partial charge < -0.3 is 15.5 Å². The van der Waals surface area contributed by atoms with Crippen LogP contribution in [-0.4, -0.2) is 37.5 Å². The van der Waals surface area contributed by atoms with Crippen molar-refractivity contribution < 1.29 is 14.5 Å². The fourth-order valence-electron chi connectivity index (χ4n) is 2.79. The zero-order valence-electron chi connectivity index (χ0n) is 12.6. The summed E-state index contributed by atoms with van der Waals surface area (Å²) in [6, 6.07) is 13.7. The minimum absolute atomic E-state index is 0.00612. The predicted molar refractivity (Wildman–Crippen MR) is 85.7 cm³/mol. The quantitative estimate of drug-likeness (QED) is 0.757. The molecule has 2 amide bonds. The van der Waals surface area contributed by atoms with E-state index in [9.17, 15) is 9.59 Å². The maximum absolute atomic E-state index is 12.4. The van der Waals surface area contributed by atoms with E-state index in [-0.39, 0.29) is 17.9 Å². The van der Waals surface area contributed by atoms with Gasteiger partial charge in [-0.3, -0.25) is 9.59 Å². The molecule has 2 aromatic rings. The van der Waals surface area contributed by atoms with Gasteiger partial charge in [0.1, 0.15) is 0 Å². The normalized spacial score (nSPS) is 19.5. The largest absolute Gasteiger partial charge is 0.346 e. The Bertz CT molecular complexity index is 714. The molecule has 1 heterocycles. The van der Waals surface area contributed by atoms with Crippen molar-refractivity contribution in [1.82, 2.24) is 5.32 Å². The second kappa shape index (κ2) is 6.15. The summed E-state index contributed by atoms with van der Waals surface area (Å²) in [5.41, 5.74) is 0.788. The number of carbonyl (C=O) groups excluding carboxylic acids is 2. The van der Waals surface area contributed by atoms with E-state index in [1.54, 1.807) is 0 Å². The highest BCUT2D eigenvalue weighted by atomic mass is 16.2. The van der Waals surface area contributed by atoms with Crippen LogP contribution < -0.4 is 15.5 Å². The van der Waals surface area contributed by atoms with E-state index >= 15 is 0 Å². The number of anilines is 1. The summed E-state index contributed by atoms with van der Waals surface area (Å²) in [6.45, 7) is 3.62. The molecule has 0 radical (unpaired) electrons. The highest BCUT2D eigenvalue weighted by molar-refractivity contribution is 5.96. The molecule has 3 N–H and O–H groups in total. The molecule has 1 unspecified atom stereocenters. The number of piperazine rings is 1. The lowest BCUT2D eigenvalue weighted by molar-refractivity contribution is -0.907. The molecular formula is C17H20N3O2+. The van der Waals surface area contributed by atoms with Gasteiger partial charge in [0.2, 0.25) is 0 Å². The Balaban J connectivity index is 1.70. The lowest BCUT2D eigenvalue weighted by Crippen LogP contribution is -3.19. The van der Waals surface area contributed by atoms with Crippen molar-refractivity contribution in [1.29, 1.82) is 0 Å². The van der Waals surface area contributed by atoms with Crippen molar-refractivity contribution in [2.75, 3.05) is 25.0 Å². The molecule has 0 aromatic heterocycles. The Morgan fingerprint density at radius 2 is 2.00 bits per heavy atom. The molecule has 22 heavy (non-hydrogen) atoms. The molecule has 1 fully saturated rings. The summed E-state index contributed by atoms with van der Waals surface area (Å²) in [7, 11) is 0. The molecule has 5 heteroatoms. The number of nitrogens with one attached hydrogen (secondary N) is 3. The topological polar surface area (TPSA) is 62.6 Å². The van der Waals surface area contributed by atoms with E-state index in [1.807, 2.05) is 49.4 Å². The van der Waals surface area contributed by atoms with Crippen molar-refractivity contribution in [2.24, 2.45) is 0 Å². The second-order valence-corrected chi connectivity index (χ2v) is 5.71. The molecule has 0 aliphatic carbocycles. The first-order valence-electron chi connectivity index (χ1n) is 7.54.